The lowest BCUT2D eigenvalue weighted by atomic mass is 10.00. The van der Waals surface area contributed by atoms with E-state index in [2.05, 4.69) is 13.8 Å². The number of hydrogen-bond acceptors (Lipinski definition) is 3. The Labute approximate surface area is 119 Å². The fourth-order valence-electron chi connectivity index (χ4n) is 2.25. The van der Waals surface area contributed by atoms with E-state index in [1.165, 1.54) is 51.7 Å². The van der Waals surface area contributed by atoms with Crippen molar-refractivity contribution in [1.29, 1.82) is 0 Å². The molecule has 122 valence electrons. The van der Waals surface area contributed by atoms with Crippen molar-refractivity contribution >= 4 is 10.1 Å². The number of rotatable bonds is 4. The van der Waals surface area contributed by atoms with Gasteiger partial charge in [0.15, 0.2) is 10.1 Å². The highest BCUT2D eigenvalue weighted by atomic mass is 32.2. The maximum Gasteiger partial charge on any atom is 0.485 e. The third kappa shape index (κ3) is 8.76. The van der Waals surface area contributed by atoms with Crippen LogP contribution in [0.4, 0.5) is 13.2 Å². The molecule has 1 heterocycles. The molecular weight excluding hydrogens is 295 g/mol. The monoisotopic (exact) mass is 319 g/mol. The molecule has 1 N–H and O–H groups in total. The summed E-state index contributed by atoms with van der Waals surface area (Å²) in [6.07, 6.45) is 7.17. The number of nitrogens with one attached hydrogen (secondary N) is 1. The molecule has 0 aliphatic carbocycles. The zero-order valence-electron chi connectivity index (χ0n) is 12.0. The number of quaternary nitrogens is 1. The topological polar surface area (TPSA) is 61.6 Å². The van der Waals surface area contributed by atoms with Gasteiger partial charge in [-0.05, 0) is 25.7 Å². The van der Waals surface area contributed by atoms with Gasteiger partial charge in [-0.15, -0.1) is 0 Å². The van der Waals surface area contributed by atoms with Crippen molar-refractivity contribution in [1.82, 2.24) is 0 Å². The Hall–Kier alpha value is -0.340. The predicted octanol–water partition coefficient (Wildman–Crippen LogP) is 1.54. The van der Waals surface area contributed by atoms with Gasteiger partial charge >= 0.3 is 5.51 Å². The average Bonchev–Trinajstić information content (AvgIpc) is 2.27. The molecule has 0 spiro atoms. The minimum atomic E-state index is -6.09. The summed E-state index contributed by atoms with van der Waals surface area (Å²) in [5.41, 5.74) is -5.65. The highest BCUT2D eigenvalue weighted by molar-refractivity contribution is 7.86. The van der Waals surface area contributed by atoms with Crippen LogP contribution in [0.25, 0.3) is 0 Å². The molecule has 1 saturated heterocycles. The molecule has 0 aromatic carbocycles. The first-order valence-electron chi connectivity index (χ1n) is 6.93. The zero-order chi connectivity index (χ0) is 15.8. The minimum absolute atomic E-state index is 0.982. The van der Waals surface area contributed by atoms with E-state index in [4.69, 9.17) is 13.0 Å². The van der Waals surface area contributed by atoms with Gasteiger partial charge in [0.1, 0.15) is 0 Å². The van der Waals surface area contributed by atoms with E-state index in [0.29, 0.717) is 0 Å². The molecule has 1 aliphatic rings. The van der Waals surface area contributed by atoms with E-state index in [0.717, 1.165) is 5.92 Å². The van der Waals surface area contributed by atoms with E-state index >= 15 is 0 Å². The van der Waals surface area contributed by atoms with Gasteiger partial charge in [-0.2, -0.15) is 13.2 Å². The van der Waals surface area contributed by atoms with Crippen molar-refractivity contribution in [2.75, 3.05) is 19.6 Å². The maximum atomic E-state index is 10.7. The van der Waals surface area contributed by atoms with E-state index in [9.17, 15) is 13.2 Å². The predicted molar refractivity (Wildman–Crippen MR) is 69.2 cm³/mol. The van der Waals surface area contributed by atoms with Crippen molar-refractivity contribution < 1.29 is 31.0 Å². The van der Waals surface area contributed by atoms with Crippen LogP contribution in [0.1, 0.15) is 46.0 Å². The smallest absolute Gasteiger partial charge is 0.485 e. The Bertz CT molecular complexity index is 357. The van der Waals surface area contributed by atoms with Crippen molar-refractivity contribution in [3.63, 3.8) is 0 Å². The molecule has 0 amide bonds. The Balaban J connectivity index is 0.000000396. The van der Waals surface area contributed by atoms with Gasteiger partial charge in [-0.25, -0.2) is 8.42 Å². The molecule has 0 aromatic rings. The molecule has 1 rings (SSSR count). The van der Waals surface area contributed by atoms with Crippen molar-refractivity contribution in [2.45, 2.75) is 51.5 Å². The number of hydrogen-bond donors (Lipinski definition) is 1. The van der Waals surface area contributed by atoms with Crippen LogP contribution < -0.4 is 4.90 Å². The second kappa shape index (κ2) is 8.84. The van der Waals surface area contributed by atoms with Gasteiger partial charge in [0.2, 0.25) is 0 Å². The Morgan fingerprint density at radius 1 is 1.30 bits per heavy atom. The van der Waals surface area contributed by atoms with Crippen molar-refractivity contribution in [3.8, 4) is 0 Å². The van der Waals surface area contributed by atoms with Crippen LogP contribution in [0.2, 0.25) is 0 Å². The summed E-state index contributed by atoms with van der Waals surface area (Å²) in [6.45, 7) is 8.99. The summed E-state index contributed by atoms with van der Waals surface area (Å²) in [4.78, 5) is 1.86. The Kier molecular flexibility index (Phi) is 8.69. The van der Waals surface area contributed by atoms with Gasteiger partial charge in [0.25, 0.3) is 0 Å². The molecule has 8 heteroatoms. The summed E-state index contributed by atoms with van der Waals surface area (Å²) in [7, 11) is -6.09. The minimum Gasteiger partial charge on any atom is -0.741 e. The third-order valence-corrected chi connectivity index (χ3v) is 3.85. The van der Waals surface area contributed by atoms with Crippen LogP contribution in [-0.4, -0.2) is 38.1 Å². The number of alkyl halides is 3. The molecule has 0 saturated carbocycles. The van der Waals surface area contributed by atoms with E-state index in [1.54, 1.807) is 0 Å². The lowest BCUT2D eigenvalue weighted by molar-refractivity contribution is -0.908. The molecule has 2 atom stereocenters. The number of piperidine rings is 1. The van der Waals surface area contributed by atoms with Crippen molar-refractivity contribution in [2.24, 2.45) is 5.92 Å². The molecule has 2 unspecified atom stereocenters. The van der Waals surface area contributed by atoms with Crippen molar-refractivity contribution in [3.05, 3.63) is 0 Å². The van der Waals surface area contributed by atoms with Gasteiger partial charge in [0.05, 0.1) is 19.6 Å². The van der Waals surface area contributed by atoms with Gasteiger partial charge in [-0.3, -0.25) is 0 Å². The average molecular weight is 319 g/mol. The molecule has 0 aromatic heterocycles. The number of likely N-dealkylation sites (tertiary alicyclic amines) is 1. The summed E-state index contributed by atoms with van der Waals surface area (Å²) >= 11 is 0. The fourth-order valence-corrected chi connectivity index (χ4v) is 2.25. The normalized spacial score (nSPS) is 23.9. The fraction of sp³-hybridized carbons (Fsp3) is 1.00. The Morgan fingerprint density at radius 2 is 1.85 bits per heavy atom. The number of halogens is 3. The summed E-state index contributed by atoms with van der Waals surface area (Å²) in [5, 5.41) is 0. The molecular formula is C12H24F3NO3S. The summed E-state index contributed by atoms with van der Waals surface area (Å²) in [6, 6.07) is 0. The quantitative estimate of drug-likeness (QED) is 0.486. The van der Waals surface area contributed by atoms with Crippen LogP contribution >= 0.6 is 0 Å². The summed E-state index contributed by atoms with van der Waals surface area (Å²) in [5.74, 6) is 0.982. The molecule has 1 fully saturated rings. The van der Waals surface area contributed by atoms with Gasteiger partial charge in [0, 0.05) is 5.92 Å². The first kappa shape index (κ1) is 19.7. The Morgan fingerprint density at radius 3 is 2.25 bits per heavy atom. The maximum absolute atomic E-state index is 10.7. The molecule has 20 heavy (non-hydrogen) atoms. The first-order valence-corrected chi connectivity index (χ1v) is 8.34. The number of unbranched alkanes of at least 4 members (excludes halogenated alkanes) is 2. The van der Waals surface area contributed by atoms with Gasteiger partial charge < -0.3 is 9.45 Å². The van der Waals surface area contributed by atoms with Crippen LogP contribution in [0.5, 0.6) is 0 Å². The summed E-state index contributed by atoms with van der Waals surface area (Å²) < 4.78 is 58.9. The van der Waals surface area contributed by atoms with Crippen LogP contribution in [0, 0.1) is 5.92 Å². The molecule has 4 nitrogen and oxygen atoms in total. The molecule has 0 radical (unpaired) electrons. The lowest BCUT2D eigenvalue weighted by Crippen LogP contribution is -3.13. The highest BCUT2D eigenvalue weighted by Gasteiger charge is 2.36. The highest BCUT2D eigenvalue weighted by Crippen LogP contribution is 2.20. The van der Waals surface area contributed by atoms with Crippen LogP contribution in [0.3, 0.4) is 0 Å². The largest absolute Gasteiger partial charge is 0.741 e. The second-order valence-corrected chi connectivity index (χ2v) is 6.68. The first-order chi connectivity index (χ1) is 9.08. The third-order valence-electron chi connectivity index (χ3n) is 3.28. The zero-order valence-corrected chi connectivity index (χ0v) is 12.8. The van der Waals surface area contributed by atoms with Gasteiger partial charge in [-0.1, -0.05) is 20.3 Å². The lowest BCUT2D eigenvalue weighted by Gasteiger charge is -2.27. The molecule has 0 bridgehead atoms. The second-order valence-electron chi connectivity index (χ2n) is 5.31. The van der Waals surface area contributed by atoms with Crippen LogP contribution in [-0.2, 0) is 10.1 Å². The van der Waals surface area contributed by atoms with Crippen LogP contribution in [0.15, 0.2) is 0 Å². The van der Waals surface area contributed by atoms with E-state index in [1.807, 2.05) is 4.90 Å². The van der Waals surface area contributed by atoms with E-state index in [-0.39, 0.29) is 0 Å². The SMILES string of the molecule is CCCCC[NH+]1CCCC(C)C1.O=S(=O)([O-])C(F)(F)F. The molecule has 1 aliphatic heterocycles. The standard InChI is InChI=1S/C11H23N.CHF3O3S/c1-3-4-5-8-12-9-6-7-11(2)10-12;2-1(3,4)8(5,6)7/h11H,3-10H2,1-2H3;(H,5,6,7). The van der Waals surface area contributed by atoms with E-state index < -0.39 is 15.6 Å².